The van der Waals surface area contributed by atoms with Gasteiger partial charge in [-0.05, 0) is 12.8 Å². The first-order valence-corrected chi connectivity index (χ1v) is 19.2. The van der Waals surface area contributed by atoms with Crippen molar-refractivity contribution in [3.63, 3.8) is 0 Å². The summed E-state index contributed by atoms with van der Waals surface area (Å²) in [5.74, 6) is -1.31. The Morgan fingerprint density at radius 3 is 0.614 bits per heavy atom. The number of hydrogen-bond donors (Lipinski definition) is 2. The molecule has 44 heavy (non-hydrogen) atoms. The molecule has 0 aromatic carbocycles. The van der Waals surface area contributed by atoms with Crippen molar-refractivity contribution in [3.8, 4) is 0 Å². The minimum atomic E-state index is -0.653. The number of carbonyl (C=O) groups is 2. The number of aliphatic carboxylic acids is 2. The molecule has 0 aromatic rings. The molecule has 0 amide bonds. The van der Waals surface area contributed by atoms with Crippen LogP contribution in [-0.2, 0) is 48.1 Å². The van der Waals surface area contributed by atoms with Crippen molar-refractivity contribution in [2.75, 3.05) is 0 Å². The van der Waals surface area contributed by atoms with Crippen LogP contribution in [0.5, 0.6) is 0 Å². The van der Waals surface area contributed by atoms with E-state index in [0.717, 1.165) is 25.7 Å². The summed E-state index contributed by atoms with van der Waals surface area (Å²) in [6.07, 6.45) is 40.4. The van der Waals surface area contributed by atoms with Crippen molar-refractivity contribution in [2.24, 2.45) is 0 Å². The molecule has 0 saturated heterocycles. The van der Waals surface area contributed by atoms with E-state index in [-0.39, 0.29) is 11.0 Å². The number of hydrogen-bond acceptors (Lipinski definition) is 3. The fraction of sp³-hybridized carbons (Fsp3) is 0.944. The summed E-state index contributed by atoms with van der Waals surface area (Å²) in [5, 5.41) is 17.0. The van der Waals surface area contributed by atoms with Crippen LogP contribution in [-0.4, -0.2) is 22.2 Å². The average molecular weight is 708 g/mol. The van der Waals surface area contributed by atoms with Crippen LogP contribution in [0.25, 0.3) is 0 Å². The molecule has 2 N–H and O–H groups in total. The maximum absolute atomic E-state index is 10.3. The van der Waals surface area contributed by atoms with E-state index in [0.29, 0.717) is 37.6 Å². The van der Waals surface area contributed by atoms with Gasteiger partial charge in [0, 0.05) is 12.8 Å². The topological polar surface area (TPSA) is 149 Å². The molecule has 0 unspecified atom stereocenters. The Bertz CT molecular complexity index is 477. The monoisotopic (exact) mass is 706 g/mol. The molecule has 0 aromatic heterocycles. The molecule has 0 spiro atoms. The molecule has 0 aliphatic carbocycles. The van der Waals surface area contributed by atoms with Gasteiger partial charge in [-0.3, -0.25) is 9.59 Å². The van der Waals surface area contributed by atoms with Crippen molar-refractivity contribution in [1.29, 1.82) is 0 Å². The van der Waals surface area contributed by atoms with Crippen LogP contribution in [0.1, 0.15) is 219 Å². The molecule has 0 radical (unpaired) electrons. The summed E-state index contributed by atoms with van der Waals surface area (Å²) in [5.41, 5.74) is 0. The van der Waals surface area contributed by atoms with E-state index in [1.807, 2.05) is 0 Å². The summed E-state index contributed by atoms with van der Waals surface area (Å²) in [7, 11) is 0. The van der Waals surface area contributed by atoms with Gasteiger partial charge in [0.05, 0.1) is 0 Å². The van der Waals surface area contributed by atoms with Crippen molar-refractivity contribution < 1.29 is 58.3 Å². The van der Waals surface area contributed by atoms with Gasteiger partial charge >= 0.3 is 39.5 Å². The van der Waals surface area contributed by atoms with Gasteiger partial charge in [0.2, 0.25) is 0 Å². The molecule has 0 bridgehead atoms. The fourth-order valence-electron chi connectivity index (χ4n) is 5.30. The molecule has 0 heterocycles. The Morgan fingerprint density at radius 1 is 0.341 bits per heavy atom. The minimum absolute atomic E-state index is 0. The molecule has 0 fully saturated rings. The molecule has 266 valence electrons. The van der Waals surface area contributed by atoms with Crippen LogP contribution >= 0.6 is 0 Å². The Kier molecular flexibility index (Phi) is 62.8. The molecule has 0 rings (SSSR count). The molecule has 0 aliphatic heterocycles. The van der Waals surface area contributed by atoms with Crippen molar-refractivity contribution in [1.82, 2.24) is 0 Å². The molecule has 0 atom stereocenters. The first kappa shape index (κ1) is 53.0. The molecule has 0 saturated carbocycles. The first-order valence-electron chi connectivity index (χ1n) is 18.2. The number of carboxylic acid groups (broad SMARTS) is 2. The van der Waals surface area contributed by atoms with Crippen LogP contribution in [0.3, 0.4) is 0 Å². The Morgan fingerprint density at radius 2 is 0.477 bits per heavy atom. The van der Waals surface area contributed by atoms with Crippen LogP contribution in [0.2, 0.25) is 0 Å². The van der Waals surface area contributed by atoms with Gasteiger partial charge in [0.15, 0.2) is 0 Å². The predicted molar refractivity (Wildman–Crippen MR) is 176 cm³/mol. The van der Waals surface area contributed by atoms with E-state index < -0.39 is 11.9 Å². The van der Waals surface area contributed by atoms with Crippen molar-refractivity contribution >= 4 is 11.9 Å². The third-order valence-corrected chi connectivity index (χ3v) is 7.99. The molecular weight excluding hydrogens is 636 g/mol. The van der Waals surface area contributed by atoms with Crippen molar-refractivity contribution in [2.45, 2.75) is 219 Å². The van der Waals surface area contributed by atoms with Gasteiger partial charge < -0.3 is 21.2 Å². The second-order valence-corrected chi connectivity index (χ2v) is 12.2. The van der Waals surface area contributed by atoms with Gasteiger partial charge in [0.1, 0.15) is 0 Å². The van der Waals surface area contributed by atoms with E-state index in [1.165, 1.54) is 167 Å². The van der Waals surface area contributed by atoms with Crippen LogP contribution < -0.4 is 0 Å². The predicted octanol–water partition coefficient (Wildman–Crippen LogP) is 12.3. The molecular formula is C36H72O7Zr-4. The SMILES string of the molecule is CCCCCCCCCCCCCCCCCC(=O)O.CCCCCCCCCCCCCCCCCC(=O)O.[O-2].[O-2].[O]=[Zr]. The summed E-state index contributed by atoms with van der Waals surface area (Å²) in [6.45, 7) is 4.54. The second-order valence-electron chi connectivity index (χ2n) is 12.2. The second kappa shape index (κ2) is 52.1. The van der Waals surface area contributed by atoms with E-state index >= 15 is 0 Å². The summed E-state index contributed by atoms with van der Waals surface area (Å²) in [6, 6.07) is 0. The number of carboxylic acids is 2. The zero-order chi connectivity index (χ0) is 31.8. The van der Waals surface area contributed by atoms with E-state index in [9.17, 15) is 9.59 Å². The Hall–Kier alpha value is -0.457. The number of unbranched alkanes of at least 4 members (excludes halogenated alkanes) is 28. The molecule has 8 heteroatoms. The standard InChI is InChI=1S/2C18H36O2.3O.Zr/c2*1-2-3-4-5-6-7-8-9-10-11-12-13-14-15-16-17-18(19)20;;;;/h2*2-17H2,1H3,(H,19,20);;;;/q;;;2*-2;. The van der Waals surface area contributed by atoms with E-state index in [2.05, 4.69) is 13.8 Å². The first-order chi connectivity index (χ1) is 20.5. The summed E-state index contributed by atoms with van der Waals surface area (Å²) in [4.78, 5) is 20.7. The zero-order valence-electron chi connectivity index (χ0n) is 29.1. The van der Waals surface area contributed by atoms with Crippen LogP contribution in [0.4, 0.5) is 0 Å². The molecule has 7 nitrogen and oxygen atoms in total. The summed E-state index contributed by atoms with van der Waals surface area (Å²) < 4.78 is 8.34. The maximum atomic E-state index is 10.3. The molecule has 0 aliphatic rings. The third kappa shape index (κ3) is 60.7. The van der Waals surface area contributed by atoms with Gasteiger partial charge in [-0.25, -0.2) is 0 Å². The van der Waals surface area contributed by atoms with Gasteiger partial charge in [0.25, 0.3) is 0 Å². The normalized spacial score (nSPS) is 9.93. The van der Waals surface area contributed by atoms with E-state index in [4.69, 9.17) is 13.0 Å². The van der Waals surface area contributed by atoms with Crippen LogP contribution in [0.15, 0.2) is 0 Å². The van der Waals surface area contributed by atoms with E-state index in [1.54, 1.807) is 0 Å². The van der Waals surface area contributed by atoms with Crippen molar-refractivity contribution in [3.05, 3.63) is 0 Å². The zero-order valence-corrected chi connectivity index (χ0v) is 31.5. The van der Waals surface area contributed by atoms with Gasteiger partial charge in [-0.1, -0.05) is 194 Å². The van der Waals surface area contributed by atoms with Gasteiger partial charge in [-0.15, -0.1) is 0 Å². The summed E-state index contributed by atoms with van der Waals surface area (Å²) >= 11 is 0.300. The number of rotatable bonds is 32. The quantitative estimate of drug-likeness (QED) is 0.0667. The Balaban J connectivity index is -0.000000209. The average Bonchev–Trinajstić information content (AvgIpc) is 2.98. The third-order valence-electron chi connectivity index (χ3n) is 7.99. The Labute approximate surface area is 288 Å². The van der Waals surface area contributed by atoms with Gasteiger partial charge in [-0.2, -0.15) is 0 Å². The fourth-order valence-corrected chi connectivity index (χ4v) is 5.30. The van der Waals surface area contributed by atoms with Crippen LogP contribution in [0, 0.1) is 0 Å².